The molecular weight excluding hydrogens is 373 g/mol. The number of aromatic nitrogens is 4. The van der Waals surface area contributed by atoms with E-state index in [0.29, 0.717) is 11.6 Å². The van der Waals surface area contributed by atoms with Crippen molar-refractivity contribution in [2.45, 2.75) is 25.3 Å². The summed E-state index contributed by atoms with van der Waals surface area (Å²) in [6.07, 6.45) is 0. The number of benzene rings is 1. The minimum Gasteiger partial charge on any atom is -0.266 e. The van der Waals surface area contributed by atoms with Gasteiger partial charge in [0.25, 0.3) is 5.78 Å². The Balaban J connectivity index is 1.89. The highest BCUT2D eigenvalue weighted by molar-refractivity contribution is 7.89. The Kier molecular flexibility index (Phi) is 4.48. The molecule has 0 bridgehead atoms. The van der Waals surface area contributed by atoms with Crippen LogP contribution >= 0.6 is 23.2 Å². The zero-order chi connectivity index (χ0) is 17.5. The van der Waals surface area contributed by atoms with Crippen molar-refractivity contribution in [2.75, 3.05) is 0 Å². The van der Waals surface area contributed by atoms with Gasteiger partial charge in [-0.05, 0) is 38.1 Å². The Bertz CT molecular complexity index is 1030. The molecule has 3 aromatic rings. The van der Waals surface area contributed by atoms with Crippen LogP contribution in [0.15, 0.2) is 29.2 Å². The van der Waals surface area contributed by atoms with E-state index in [1.54, 1.807) is 4.40 Å². The fourth-order valence-corrected chi connectivity index (χ4v) is 3.67. The second-order valence-electron chi connectivity index (χ2n) is 5.19. The molecule has 0 aliphatic carbocycles. The van der Waals surface area contributed by atoms with Crippen molar-refractivity contribution in [3.63, 3.8) is 0 Å². The Labute approximate surface area is 148 Å². The van der Waals surface area contributed by atoms with Crippen LogP contribution in [0.25, 0.3) is 5.78 Å². The second kappa shape index (κ2) is 6.29. The van der Waals surface area contributed by atoms with E-state index in [1.807, 2.05) is 19.9 Å². The van der Waals surface area contributed by atoms with Crippen LogP contribution in [-0.2, 0) is 16.6 Å². The predicted molar refractivity (Wildman–Crippen MR) is 90.7 cm³/mol. The first-order chi connectivity index (χ1) is 11.3. The first-order valence-electron chi connectivity index (χ1n) is 6.91. The summed E-state index contributed by atoms with van der Waals surface area (Å²) in [7, 11) is -3.76. The van der Waals surface area contributed by atoms with Gasteiger partial charge in [-0.15, -0.1) is 10.2 Å². The van der Waals surface area contributed by atoms with Crippen LogP contribution in [0.5, 0.6) is 0 Å². The van der Waals surface area contributed by atoms with Crippen LogP contribution in [0.2, 0.25) is 10.0 Å². The lowest BCUT2D eigenvalue weighted by molar-refractivity contribution is 0.578. The summed E-state index contributed by atoms with van der Waals surface area (Å²) in [5, 5.41) is 8.43. The Morgan fingerprint density at radius 1 is 1.12 bits per heavy atom. The third-order valence-electron chi connectivity index (χ3n) is 3.38. The van der Waals surface area contributed by atoms with Gasteiger partial charge in [-0.1, -0.05) is 23.2 Å². The van der Waals surface area contributed by atoms with Gasteiger partial charge in [-0.25, -0.2) is 18.1 Å². The predicted octanol–water partition coefficient (Wildman–Crippen LogP) is 2.53. The summed E-state index contributed by atoms with van der Waals surface area (Å²) >= 11 is 11.7. The topological polar surface area (TPSA) is 89.2 Å². The van der Waals surface area contributed by atoms with Crippen molar-refractivity contribution >= 4 is 39.0 Å². The van der Waals surface area contributed by atoms with Crippen molar-refractivity contribution in [1.82, 2.24) is 24.3 Å². The molecule has 0 aliphatic rings. The molecule has 0 atom stereocenters. The molecule has 24 heavy (non-hydrogen) atoms. The number of hydrogen-bond acceptors (Lipinski definition) is 5. The number of rotatable bonds is 4. The third kappa shape index (κ3) is 3.23. The van der Waals surface area contributed by atoms with Gasteiger partial charge >= 0.3 is 0 Å². The lowest BCUT2D eigenvalue weighted by Gasteiger charge is -2.08. The number of fused-ring (bicyclic) bond motifs is 1. The quantitative estimate of drug-likeness (QED) is 0.744. The highest BCUT2D eigenvalue weighted by Crippen LogP contribution is 2.24. The largest absolute Gasteiger partial charge is 0.266 e. The van der Waals surface area contributed by atoms with Crippen LogP contribution in [0.1, 0.15) is 17.2 Å². The average molecular weight is 386 g/mol. The Morgan fingerprint density at radius 2 is 1.88 bits per heavy atom. The number of nitrogens with one attached hydrogen (secondary N) is 1. The third-order valence-corrected chi connectivity index (χ3v) is 5.52. The maximum absolute atomic E-state index is 12.4. The zero-order valence-electron chi connectivity index (χ0n) is 12.8. The highest BCUT2D eigenvalue weighted by atomic mass is 35.5. The van der Waals surface area contributed by atoms with Crippen LogP contribution in [0, 0.1) is 13.8 Å². The lowest BCUT2D eigenvalue weighted by atomic mass is 10.3. The second-order valence-corrected chi connectivity index (χ2v) is 7.77. The summed E-state index contributed by atoms with van der Waals surface area (Å²) in [6.45, 7) is 3.70. The fourth-order valence-electron chi connectivity index (χ4n) is 2.30. The molecule has 2 aromatic heterocycles. The molecule has 1 N–H and O–H groups in total. The molecule has 3 rings (SSSR count). The molecule has 10 heteroatoms. The van der Waals surface area contributed by atoms with Crippen molar-refractivity contribution in [2.24, 2.45) is 0 Å². The average Bonchev–Trinajstić information content (AvgIpc) is 2.91. The molecule has 0 aliphatic heterocycles. The van der Waals surface area contributed by atoms with Crippen molar-refractivity contribution in [3.05, 3.63) is 51.5 Å². The van der Waals surface area contributed by atoms with E-state index < -0.39 is 10.0 Å². The first kappa shape index (κ1) is 17.1. The number of aryl methyl sites for hydroxylation is 2. The van der Waals surface area contributed by atoms with Gasteiger partial charge in [0.05, 0.1) is 21.5 Å². The minimum atomic E-state index is -3.76. The minimum absolute atomic E-state index is 0.0245. The van der Waals surface area contributed by atoms with Gasteiger partial charge in [-0.2, -0.15) is 0 Å². The molecule has 0 fully saturated rings. The van der Waals surface area contributed by atoms with E-state index in [9.17, 15) is 8.42 Å². The molecule has 0 spiro atoms. The van der Waals surface area contributed by atoms with Gasteiger partial charge in [-0.3, -0.25) is 4.40 Å². The Hall–Kier alpha value is -1.74. The number of hydrogen-bond donors (Lipinski definition) is 1. The molecule has 7 nitrogen and oxygen atoms in total. The maximum Gasteiger partial charge on any atom is 0.255 e. The smallest absolute Gasteiger partial charge is 0.255 e. The van der Waals surface area contributed by atoms with E-state index in [1.165, 1.54) is 18.2 Å². The van der Waals surface area contributed by atoms with Crippen LogP contribution < -0.4 is 4.72 Å². The normalized spacial score (nSPS) is 12.0. The van der Waals surface area contributed by atoms with E-state index in [2.05, 4.69) is 19.9 Å². The highest BCUT2D eigenvalue weighted by Gasteiger charge is 2.17. The van der Waals surface area contributed by atoms with Crippen molar-refractivity contribution in [3.8, 4) is 0 Å². The monoisotopic (exact) mass is 385 g/mol. The molecular formula is C14H13Cl2N5O2S. The standard InChI is InChI=1S/C14H13Cl2N5O2S/c1-8-5-9(2)21-13(19-20-14(21)18-8)7-17-24(22,23)10-3-4-11(15)12(16)6-10/h3-6,17H,7H2,1-2H3. The molecule has 0 unspecified atom stereocenters. The van der Waals surface area contributed by atoms with Crippen LogP contribution in [-0.4, -0.2) is 28.0 Å². The first-order valence-corrected chi connectivity index (χ1v) is 9.15. The van der Waals surface area contributed by atoms with Gasteiger partial charge in [0.1, 0.15) is 0 Å². The van der Waals surface area contributed by atoms with E-state index in [0.717, 1.165) is 11.4 Å². The van der Waals surface area contributed by atoms with Crippen molar-refractivity contribution < 1.29 is 8.42 Å². The molecule has 0 saturated heterocycles. The molecule has 2 heterocycles. The summed E-state index contributed by atoms with van der Waals surface area (Å²) in [4.78, 5) is 4.29. The molecule has 0 radical (unpaired) electrons. The summed E-state index contributed by atoms with van der Waals surface area (Å²) in [6, 6.07) is 5.98. The van der Waals surface area contributed by atoms with E-state index in [4.69, 9.17) is 23.2 Å². The number of sulfonamides is 1. The van der Waals surface area contributed by atoms with Crippen molar-refractivity contribution in [1.29, 1.82) is 0 Å². The number of halogens is 2. The fraction of sp³-hybridized carbons (Fsp3) is 0.214. The van der Waals surface area contributed by atoms with Gasteiger partial charge in [0.15, 0.2) is 5.82 Å². The van der Waals surface area contributed by atoms with Gasteiger partial charge < -0.3 is 0 Å². The number of nitrogens with zero attached hydrogens (tertiary/aromatic N) is 4. The summed E-state index contributed by atoms with van der Waals surface area (Å²) in [5.74, 6) is 0.870. The van der Waals surface area contributed by atoms with Crippen LogP contribution in [0.4, 0.5) is 0 Å². The molecule has 1 aromatic carbocycles. The summed E-state index contributed by atoms with van der Waals surface area (Å²) in [5.41, 5.74) is 1.68. The molecule has 0 saturated carbocycles. The van der Waals surface area contributed by atoms with Gasteiger partial charge in [0.2, 0.25) is 10.0 Å². The Morgan fingerprint density at radius 3 is 2.58 bits per heavy atom. The maximum atomic E-state index is 12.4. The lowest BCUT2D eigenvalue weighted by Crippen LogP contribution is -2.24. The van der Waals surface area contributed by atoms with E-state index in [-0.39, 0.29) is 21.5 Å². The summed E-state index contributed by atoms with van der Waals surface area (Å²) < 4.78 is 28.9. The zero-order valence-corrected chi connectivity index (χ0v) is 15.1. The van der Waals surface area contributed by atoms with E-state index >= 15 is 0 Å². The molecule has 0 amide bonds. The van der Waals surface area contributed by atoms with Crippen LogP contribution in [0.3, 0.4) is 0 Å². The SMILES string of the molecule is Cc1cc(C)n2c(CNS(=O)(=O)c3ccc(Cl)c(Cl)c3)nnc2n1. The van der Waals surface area contributed by atoms with Gasteiger partial charge in [0, 0.05) is 11.4 Å². The molecule has 126 valence electrons.